The number of nitrogens with one attached hydrogen (secondary N) is 1. The number of hydrogen-bond donors (Lipinski definition) is 1. The highest BCUT2D eigenvalue weighted by Gasteiger charge is 2.33. The van der Waals surface area contributed by atoms with Crippen LogP contribution >= 0.6 is 15.9 Å². The van der Waals surface area contributed by atoms with Crippen molar-refractivity contribution in [2.75, 3.05) is 7.05 Å². The minimum Gasteiger partial charge on any atom is -0.354 e. The molecule has 1 N–H and O–H groups in total. The molecule has 0 aromatic carbocycles. The Balaban J connectivity index is 2.47. The summed E-state index contributed by atoms with van der Waals surface area (Å²) in [5.41, 5.74) is 2.24. The van der Waals surface area contributed by atoms with E-state index < -0.39 is 0 Å². The Morgan fingerprint density at radius 3 is 2.87 bits per heavy atom. The first-order chi connectivity index (χ1) is 6.94. The zero-order valence-corrected chi connectivity index (χ0v) is 10.8. The van der Waals surface area contributed by atoms with Crippen LogP contribution in [0.3, 0.4) is 0 Å². The predicted octanol–water partition coefficient (Wildman–Crippen LogP) is 2.19. The van der Waals surface area contributed by atoms with E-state index >= 15 is 0 Å². The molecule has 0 atom stereocenters. The minimum absolute atomic E-state index is 0.0142. The number of aromatic nitrogens is 1. The first-order valence-electron chi connectivity index (χ1n) is 5.04. The van der Waals surface area contributed by atoms with Gasteiger partial charge in [0.25, 0.3) is 5.91 Å². The largest absolute Gasteiger partial charge is 0.354 e. The van der Waals surface area contributed by atoms with Crippen LogP contribution in [0.1, 0.15) is 30.0 Å². The zero-order chi connectivity index (χ0) is 11.2. The number of amides is 1. The second-order valence-electron chi connectivity index (χ2n) is 4.83. The number of carbonyl (C=O) groups excluding carboxylic acids is 1. The van der Waals surface area contributed by atoms with Crippen molar-refractivity contribution >= 4 is 21.8 Å². The number of hydrogen-bond acceptors (Lipinski definition) is 1. The minimum atomic E-state index is -0.0142. The van der Waals surface area contributed by atoms with Crippen LogP contribution in [0, 0.1) is 5.41 Å². The maximum Gasteiger partial charge on any atom is 0.267 e. The predicted molar refractivity (Wildman–Crippen MR) is 63.0 cm³/mol. The van der Waals surface area contributed by atoms with Crippen molar-refractivity contribution in [2.24, 2.45) is 5.41 Å². The van der Waals surface area contributed by atoms with Gasteiger partial charge in [0.1, 0.15) is 5.69 Å². The molecule has 0 radical (unpaired) electrons. The number of fused-ring (bicyclic) bond motifs is 1. The summed E-state index contributed by atoms with van der Waals surface area (Å²) < 4.78 is 3.16. The summed E-state index contributed by atoms with van der Waals surface area (Å²) in [5.74, 6) is -0.0142. The van der Waals surface area contributed by atoms with Crippen molar-refractivity contribution in [3.05, 3.63) is 21.9 Å². The quantitative estimate of drug-likeness (QED) is 0.834. The van der Waals surface area contributed by atoms with E-state index in [0.29, 0.717) is 0 Å². The number of halogens is 1. The zero-order valence-electron chi connectivity index (χ0n) is 9.22. The van der Waals surface area contributed by atoms with Gasteiger partial charge in [0.2, 0.25) is 0 Å². The molecule has 2 rings (SSSR count). The van der Waals surface area contributed by atoms with Crippen LogP contribution in [-0.4, -0.2) is 17.5 Å². The fourth-order valence-electron chi connectivity index (χ4n) is 2.17. The Kier molecular flexibility index (Phi) is 2.41. The molecule has 1 amide bonds. The van der Waals surface area contributed by atoms with Gasteiger partial charge in [-0.05, 0) is 33.8 Å². The summed E-state index contributed by atoms with van der Waals surface area (Å²) in [4.78, 5) is 11.6. The molecule has 4 heteroatoms. The third-order valence-corrected chi connectivity index (χ3v) is 3.53. The molecule has 1 aromatic rings. The van der Waals surface area contributed by atoms with E-state index in [4.69, 9.17) is 0 Å². The number of rotatable bonds is 1. The van der Waals surface area contributed by atoms with Gasteiger partial charge < -0.3 is 9.88 Å². The number of carbonyl (C=O) groups is 1. The summed E-state index contributed by atoms with van der Waals surface area (Å²) >= 11 is 3.52. The SMILES string of the molecule is CNC(=O)c1cc(Br)c2n1CC(C)(C)C2. The summed E-state index contributed by atoms with van der Waals surface area (Å²) in [6, 6.07) is 1.91. The first-order valence-corrected chi connectivity index (χ1v) is 5.84. The maximum atomic E-state index is 11.6. The molecule has 0 bridgehead atoms. The van der Waals surface area contributed by atoms with Gasteiger partial charge in [0, 0.05) is 23.8 Å². The highest BCUT2D eigenvalue weighted by atomic mass is 79.9. The monoisotopic (exact) mass is 270 g/mol. The van der Waals surface area contributed by atoms with E-state index in [1.807, 2.05) is 6.07 Å². The molecule has 0 saturated carbocycles. The molecular weight excluding hydrogens is 256 g/mol. The Morgan fingerprint density at radius 1 is 1.60 bits per heavy atom. The van der Waals surface area contributed by atoms with Crippen molar-refractivity contribution in [1.29, 1.82) is 0 Å². The van der Waals surface area contributed by atoms with Crippen molar-refractivity contribution in [2.45, 2.75) is 26.8 Å². The topological polar surface area (TPSA) is 34.0 Å². The first kappa shape index (κ1) is 10.7. The maximum absolute atomic E-state index is 11.6. The van der Waals surface area contributed by atoms with Crippen LogP contribution in [0.2, 0.25) is 0 Å². The van der Waals surface area contributed by atoms with Gasteiger partial charge in [0.05, 0.1) is 0 Å². The van der Waals surface area contributed by atoms with Crippen LogP contribution < -0.4 is 5.32 Å². The average Bonchev–Trinajstić information content (AvgIpc) is 2.61. The number of nitrogens with zero attached hydrogens (tertiary/aromatic N) is 1. The molecule has 1 aromatic heterocycles. The average molecular weight is 271 g/mol. The summed E-state index contributed by atoms with van der Waals surface area (Å²) in [6.45, 7) is 5.36. The van der Waals surface area contributed by atoms with Crippen molar-refractivity contribution < 1.29 is 4.79 Å². The third kappa shape index (κ3) is 1.71. The molecule has 0 aliphatic carbocycles. The lowest BCUT2D eigenvalue weighted by Crippen LogP contribution is -2.22. The van der Waals surface area contributed by atoms with Gasteiger partial charge in [-0.1, -0.05) is 13.8 Å². The summed E-state index contributed by atoms with van der Waals surface area (Å²) in [6.07, 6.45) is 1.02. The van der Waals surface area contributed by atoms with Crippen molar-refractivity contribution in [3.8, 4) is 0 Å². The standard InChI is InChI=1S/C11H15BrN2O/c1-11(2)5-9-7(12)4-8(10(15)13-3)14(9)6-11/h4H,5-6H2,1-3H3,(H,13,15). The molecule has 0 fully saturated rings. The Bertz CT molecular complexity index is 420. The van der Waals surface area contributed by atoms with E-state index in [1.54, 1.807) is 7.05 Å². The lowest BCUT2D eigenvalue weighted by atomic mass is 9.91. The van der Waals surface area contributed by atoms with Gasteiger partial charge in [-0.2, -0.15) is 0 Å². The highest BCUT2D eigenvalue weighted by molar-refractivity contribution is 9.10. The van der Waals surface area contributed by atoms with Gasteiger partial charge >= 0.3 is 0 Å². The third-order valence-electron chi connectivity index (χ3n) is 2.85. The molecule has 1 aliphatic heterocycles. The molecular formula is C11H15BrN2O. The molecule has 15 heavy (non-hydrogen) atoms. The van der Waals surface area contributed by atoms with E-state index in [1.165, 1.54) is 5.69 Å². The molecule has 2 heterocycles. The van der Waals surface area contributed by atoms with Crippen LogP contribution in [0.5, 0.6) is 0 Å². The van der Waals surface area contributed by atoms with E-state index in [0.717, 1.165) is 23.1 Å². The summed E-state index contributed by atoms with van der Waals surface area (Å²) in [7, 11) is 1.66. The van der Waals surface area contributed by atoms with E-state index in [9.17, 15) is 4.79 Å². The fraction of sp³-hybridized carbons (Fsp3) is 0.545. The van der Waals surface area contributed by atoms with E-state index in [2.05, 4.69) is 39.7 Å². The fourth-order valence-corrected chi connectivity index (χ4v) is 2.74. The lowest BCUT2D eigenvalue weighted by Gasteiger charge is -2.16. The van der Waals surface area contributed by atoms with Gasteiger partial charge in [-0.25, -0.2) is 0 Å². The molecule has 3 nitrogen and oxygen atoms in total. The molecule has 82 valence electrons. The summed E-state index contributed by atoms with van der Waals surface area (Å²) in [5, 5.41) is 2.67. The second kappa shape index (κ2) is 3.37. The molecule has 0 unspecified atom stereocenters. The molecule has 0 saturated heterocycles. The van der Waals surface area contributed by atoms with Crippen molar-refractivity contribution in [1.82, 2.24) is 9.88 Å². The van der Waals surface area contributed by atoms with E-state index in [-0.39, 0.29) is 11.3 Å². The van der Waals surface area contributed by atoms with Crippen molar-refractivity contribution in [3.63, 3.8) is 0 Å². The normalized spacial score (nSPS) is 17.6. The Labute approximate surface area is 98.0 Å². The molecule has 0 spiro atoms. The van der Waals surface area contributed by atoms with Gasteiger partial charge in [-0.15, -0.1) is 0 Å². The van der Waals surface area contributed by atoms with Crippen LogP contribution in [-0.2, 0) is 13.0 Å². The highest BCUT2D eigenvalue weighted by Crippen LogP contribution is 2.37. The van der Waals surface area contributed by atoms with Gasteiger partial charge in [-0.3, -0.25) is 4.79 Å². The van der Waals surface area contributed by atoms with Crippen LogP contribution in [0.15, 0.2) is 10.5 Å². The lowest BCUT2D eigenvalue weighted by molar-refractivity contribution is 0.0953. The smallest absolute Gasteiger partial charge is 0.267 e. The van der Waals surface area contributed by atoms with Crippen LogP contribution in [0.4, 0.5) is 0 Å². The van der Waals surface area contributed by atoms with Crippen LogP contribution in [0.25, 0.3) is 0 Å². The Morgan fingerprint density at radius 2 is 2.27 bits per heavy atom. The molecule has 1 aliphatic rings. The second-order valence-corrected chi connectivity index (χ2v) is 5.68. The Hall–Kier alpha value is -0.770. The van der Waals surface area contributed by atoms with Gasteiger partial charge in [0.15, 0.2) is 0 Å².